The van der Waals surface area contributed by atoms with Gasteiger partial charge in [-0.2, -0.15) is 0 Å². The van der Waals surface area contributed by atoms with Crippen LogP contribution in [0.3, 0.4) is 0 Å². The molecule has 3 rings (SSSR count). The smallest absolute Gasteiger partial charge is 0.171 e. The fraction of sp³-hybridized carbons (Fsp3) is 0.474. The lowest BCUT2D eigenvalue weighted by atomic mass is 10.0. The first-order valence-corrected chi connectivity index (χ1v) is 14.6. The number of carbonyl (C=O) groups is 1. The maximum atomic E-state index is 12.1. The van der Waals surface area contributed by atoms with Gasteiger partial charge in [0.1, 0.15) is 17.0 Å². The molecule has 1 aromatic carbocycles. The molecule has 0 fully saturated rings. The fourth-order valence-corrected chi connectivity index (χ4v) is 5.09. The summed E-state index contributed by atoms with van der Waals surface area (Å²) in [6.07, 6.45) is 3.42. The molecular formula is C19H25BrN2O2SSi. The van der Waals surface area contributed by atoms with Crippen molar-refractivity contribution in [3.05, 3.63) is 33.9 Å². The lowest BCUT2D eigenvalue weighted by Crippen LogP contribution is -2.22. The molecule has 1 heterocycles. The highest BCUT2D eigenvalue weighted by atomic mass is 79.9. The zero-order valence-electron chi connectivity index (χ0n) is 15.8. The van der Waals surface area contributed by atoms with Crippen LogP contribution in [0.15, 0.2) is 28.0 Å². The fourth-order valence-electron chi connectivity index (χ4n) is 3.10. The van der Waals surface area contributed by atoms with Gasteiger partial charge in [0.05, 0.1) is 0 Å². The van der Waals surface area contributed by atoms with Crippen LogP contribution in [0.5, 0.6) is 0 Å². The van der Waals surface area contributed by atoms with Gasteiger partial charge in [0.15, 0.2) is 10.9 Å². The standard InChI is InChI=1S/C19H25BrN2O2SSi/c1-25-19-21-17(15-7-5-6-14-13(15)8-9-16(14)23)18(20)22(19)12-24-10-11-26(2,3)4/h5-7H,8-12H2,1-4H3. The number of hydrogen-bond acceptors (Lipinski definition) is 4. The van der Waals surface area contributed by atoms with E-state index in [1.165, 1.54) is 0 Å². The van der Waals surface area contributed by atoms with Gasteiger partial charge < -0.3 is 4.74 Å². The Morgan fingerprint density at radius 3 is 2.69 bits per heavy atom. The molecule has 0 spiro atoms. The third kappa shape index (κ3) is 4.16. The minimum Gasteiger partial charge on any atom is -0.361 e. The molecule has 0 bridgehead atoms. The molecule has 0 unspecified atom stereocenters. The van der Waals surface area contributed by atoms with Gasteiger partial charge in [0, 0.05) is 32.2 Å². The van der Waals surface area contributed by atoms with Crippen LogP contribution >= 0.6 is 27.7 Å². The molecule has 1 aliphatic carbocycles. The van der Waals surface area contributed by atoms with Crippen molar-refractivity contribution in [1.29, 1.82) is 0 Å². The number of carbonyl (C=O) groups excluding carboxylic acids is 1. The summed E-state index contributed by atoms with van der Waals surface area (Å²) in [5.74, 6) is 0.233. The number of hydrogen-bond donors (Lipinski definition) is 0. The van der Waals surface area contributed by atoms with Crippen LogP contribution in [0, 0.1) is 0 Å². The number of ether oxygens (including phenoxy) is 1. The molecule has 0 radical (unpaired) electrons. The topological polar surface area (TPSA) is 44.1 Å². The van der Waals surface area contributed by atoms with Crippen molar-refractivity contribution in [1.82, 2.24) is 9.55 Å². The van der Waals surface area contributed by atoms with E-state index in [0.29, 0.717) is 13.2 Å². The number of ketones is 1. The first kappa shape index (κ1) is 19.9. The molecule has 0 amide bonds. The molecule has 0 saturated heterocycles. The van der Waals surface area contributed by atoms with E-state index in [9.17, 15) is 4.79 Å². The Labute approximate surface area is 168 Å². The minimum absolute atomic E-state index is 0.233. The first-order chi connectivity index (χ1) is 12.3. The molecule has 1 aliphatic rings. The molecule has 140 valence electrons. The number of fused-ring (bicyclic) bond motifs is 1. The predicted octanol–water partition coefficient (Wildman–Crippen LogP) is 5.48. The van der Waals surface area contributed by atoms with Crippen molar-refractivity contribution in [3.8, 4) is 11.3 Å². The van der Waals surface area contributed by atoms with Crippen LogP contribution in [0.4, 0.5) is 0 Å². The molecule has 0 atom stereocenters. The Balaban J connectivity index is 1.87. The van der Waals surface area contributed by atoms with E-state index in [0.717, 1.165) is 51.2 Å². The van der Waals surface area contributed by atoms with Crippen LogP contribution < -0.4 is 0 Å². The van der Waals surface area contributed by atoms with Gasteiger partial charge in [-0.1, -0.05) is 49.6 Å². The zero-order chi connectivity index (χ0) is 18.9. The highest BCUT2D eigenvalue weighted by Crippen LogP contribution is 2.37. The van der Waals surface area contributed by atoms with Crippen molar-refractivity contribution in [3.63, 3.8) is 0 Å². The highest BCUT2D eigenvalue weighted by molar-refractivity contribution is 9.10. The predicted molar refractivity (Wildman–Crippen MR) is 114 cm³/mol. The average Bonchev–Trinajstić information content (AvgIpc) is 3.12. The zero-order valence-corrected chi connectivity index (χ0v) is 19.2. The second kappa shape index (κ2) is 8.00. The van der Waals surface area contributed by atoms with Gasteiger partial charge in [-0.15, -0.1) is 0 Å². The van der Waals surface area contributed by atoms with Gasteiger partial charge in [-0.05, 0) is 40.2 Å². The van der Waals surface area contributed by atoms with Crippen LogP contribution in [0.1, 0.15) is 22.3 Å². The largest absolute Gasteiger partial charge is 0.361 e. The number of nitrogens with zero attached hydrogens (tertiary/aromatic N) is 2. The number of Topliss-reactive ketones (excluding diaryl/α,β-unsaturated/α-hetero) is 1. The maximum Gasteiger partial charge on any atom is 0.171 e. The number of imidazole rings is 1. The minimum atomic E-state index is -1.10. The second-order valence-electron chi connectivity index (χ2n) is 7.77. The Bertz CT molecular complexity index is 830. The second-order valence-corrected chi connectivity index (χ2v) is 14.9. The lowest BCUT2D eigenvalue weighted by molar-refractivity contribution is 0.0799. The Kier molecular flexibility index (Phi) is 6.11. The van der Waals surface area contributed by atoms with Gasteiger partial charge in [0.2, 0.25) is 0 Å². The van der Waals surface area contributed by atoms with Crippen LogP contribution in [-0.4, -0.2) is 36.3 Å². The van der Waals surface area contributed by atoms with Gasteiger partial charge in [-0.25, -0.2) is 4.98 Å². The van der Waals surface area contributed by atoms with Crippen LogP contribution in [0.2, 0.25) is 25.7 Å². The quantitative estimate of drug-likeness (QED) is 0.317. The third-order valence-electron chi connectivity index (χ3n) is 4.60. The molecule has 26 heavy (non-hydrogen) atoms. The van der Waals surface area contributed by atoms with E-state index in [1.807, 2.05) is 18.4 Å². The third-order valence-corrected chi connectivity index (χ3v) is 7.79. The molecule has 0 aliphatic heterocycles. The number of aromatic nitrogens is 2. The Morgan fingerprint density at radius 2 is 2.00 bits per heavy atom. The Hall–Kier alpha value is -0.893. The maximum absolute atomic E-state index is 12.1. The normalized spacial score (nSPS) is 14.1. The molecule has 0 saturated carbocycles. The van der Waals surface area contributed by atoms with Crippen molar-refractivity contribution >= 4 is 41.5 Å². The summed E-state index contributed by atoms with van der Waals surface area (Å²) in [6, 6.07) is 7.08. The van der Waals surface area contributed by atoms with Crippen molar-refractivity contribution in [2.45, 2.75) is 50.4 Å². The Morgan fingerprint density at radius 1 is 1.27 bits per heavy atom. The first-order valence-electron chi connectivity index (χ1n) is 8.85. The molecule has 4 nitrogen and oxygen atoms in total. The van der Waals surface area contributed by atoms with E-state index in [1.54, 1.807) is 11.8 Å². The van der Waals surface area contributed by atoms with Crippen molar-refractivity contribution < 1.29 is 9.53 Å². The summed E-state index contributed by atoms with van der Waals surface area (Å²) in [5.41, 5.74) is 3.92. The highest BCUT2D eigenvalue weighted by Gasteiger charge is 2.26. The number of thioether (sulfide) groups is 1. The van der Waals surface area contributed by atoms with E-state index >= 15 is 0 Å². The van der Waals surface area contributed by atoms with Gasteiger partial charge in [-0.3, -0.25) is 9.36 Å². The molecule has 2 aromatic rings. The van der Waals surface area contributed by atoms with E-state index in [-0.39, 0.29) is 5.78 Å². The monoisotopic (exact) mass is 452 g/mol. The molecule has 1 aromatic heterocycles. The molecule has 7 heteroatoms. The summed E-state index contributed by atoms with van der Waals surface area (Å²) in [4.78, 5) is 16.9. The molecular weight excluding hydrogens is 428 g/mol. The number of benzene rings is 1. The van der Waals surface area contributed by atoms with E-state index in [4.69, 9.17) is 9.72 Å². The SMILES string of the molecule is CSc1nc(-c2cccc3c2CCC3=O)c(Br)n1COCC[Si](C)(C)C. The average molecular weight is 453 g/mol. The summed E-state index contributed by atoms with van der Waals surface area (Å²) in [7, 11) is -1.10. The summed E-state index contributed by atoms with van der Waals surface area (Å²) in [5, 5.41) is 0.918. The van der Waals surface area contributed by atoms with Crippen molar-refractivity contribution in [2.75, 3.05) is 12.9 Å². The van der Waals surface area contributed by atoms with Gasteiger partial charge >= 0.3 is 0 Å². The van der Waals surface area contributed by atoms with Crippen molar-refractivity contribution in [2.24, 2.45) is 0 Å². The lowest BCUT2D eigenvalue weighted by Gasteiger charge is -2.16. The van der Waals surface area contributed by atoms with E-state index in [2.05, 4.69) is 46.2 Å². The number of halogens is 1. The summed E-state index contributed by atoms with van der Waals surface area (Å²) < 4.78 is 8.93. The summed E-state index contributed by atoms with van der Waals surface area (Å²) >= 11 is 5.33. The van der Waals surface area contributed by atoms with Gasteiger partial charge in [0.25, 0.3) is 0 Å². The van der Waals surface area contributed by atoms with E-state index < -0.39 is 8.07 Å². The van der Waals surface area contributed by atoms with Crippen LogP contribution in [0.25, 0.3) is 11.3 Å². The van der Waals surface area contributed by atoms with Crippen LogP contribution in [-0.2, 0) is 17.9 Å². The number of rotatable bonds is 7. The molecule has 0 N–H and O–H groups in total. The summed E-state index contributed by atoms with van der Waals surface area (Å²) in [6.45, 7) is 8.32.